The molecule has 0 radical (unpaired) electrons. The van der Waals surface area contributed by atoms with E-state index >= 15 is 0 Å². The summed E-state index contributed by atoms with van der Waals surface area (Å²) in [6.45, 7) is 0. The van der Waals surface area contributed by atoms with Crippen LogP contribution in [0.2, 0.25) is 0 Å². The van der Waals surface area contributed by atoms with Crippen molar-refractivity contribution in [3.63, 3.8) is 0 Å². The van der Waals surface area contributed by atoms with Crippen molar-refractivity contribution in [3.05, 3.63) is 48.8 Å². The lowest BCUT2D eigenvalue weighted by atomic mass is 10.0. The Balaban J connectivity index is 2.16. The fourth-order valence-corrected chi connectivity index (χ4v) is 1.98. The number of nitrogens with zero attached hydrogens (tertiary/aromatic N) is 2. The summed E-state index contributed by atoms with van der Waals surface area (Å²) < 4.78 is 1.79. The van der Waals surface area contributed by atoms with Crippen molar-refractivity contribution in [1.82, 2.24) is 9.78 Å². The summed E-state index contributed by atoms with van der Waals surface area (Å²) in [6, 6.07) is 11.5. The van der Waals surface area contributed by atoms with Gasteiger partial charge in [-0.15, -0.1) is 0 Å². The number of hydrogen-bond donors (Lipinski definition) is 1. The van der Waals surface area contributed by atoms with E-state index in [1.165, 1.54) is 0 Å². The van der Waals surface area contributed by atoms with E-state index in [-0.39, 0.29) is 0 Å². The molecule has 84 valence electrons. The van der Waals surface area contributed by atoms with E-state index in [1.54, 1.807) is 16.8 Å². The monoisotopic (exact) mass is 224 g/mol. The van der Waals surface area contributed by atoms with Gasteiger partial charge in [-0.3, -0.25) is 4.68 Å². The fraction of sp³-hybridized carbons (Fsp3) is 0.0714. The maximum atomic E-state index is 9.41. The van der Waals surface area contributed by atoms with Gasteiger partial charge in [-0.1, -0.05) is 18.2 Å². The van der Waals surface area contributed by atoms with Gasteiger partial charge < -0.3 is 5.11 Å². The molecular weight excluding hydrogens is 212 g/mol. The Labute approximate surface area is 98.9 Å². The maximum Gasteiger partial charge on any atom is 0.116 e. The van der Waals surface area contributed by atoms with Crippen molar-refractivity contribution in [2.24, 2.45) is 7.05 Å². The molecule has 3 heteroatoms. The molecule has 0 aliphatic rings. The maximum absolute atomic E-state index is 9.41. The molecule has 3 rings (SSSR count). The van der Waals surface area contributed by atoms with Crippen LogP contribution in [0.3, 0.4) is 0 Å². The number of phenols is 1. The molecule has 1 N–H and O–H groups in total. The highest BCUT2D eigenvalue weighted by Gasteiger charge is 2.02. The average Bonchev–Trinajstić information content (AvgIpc) is 2.75. The normalized spacial score (nSPS) is 10.9. The Bertz CT molecular complexity index is 686. The molecule has 0 spiro atoms. The summed E-state index contributed by atoms with van der Waals surface area (Å²) >= 11 is 0. The minimum Gasteiger partial charge on any atom is -0.508 e. The van der Waals surface area contributed by atoms with Gasteiger partial charge in [0.2, 0.25) is 0 Å². The molecular formula is C14H12N2O. The zero-order chi connectivity index (χ0) is 11.8. The zero-order valence-electron chi connectivity index (χ0n) is 9.46. The lowest BCUT2D eigenvalue weighted by Gasteiger charge is -2.02. The lowest BCUT2D eigenvalue weighted by molar-refractivity contribution is 0.476. The Morgan fingerprint density at radius 1 is 1.00 bits per heavy atom. The van der Waals surface area contributed by atoms with Gasteiger partial charge in [0.05, 0.1) is 6.20 Å². The summed E-state index contributed by atoms with van der Waals surface area (Å²) in [6.07, 6.45) is 3.84. The second-order valence-electron chi connectivity index (χ2n) is 4.15. The van der Waals surface area contributed by atoms with Crippen LogP contribution in [-0.2, 0) is 7.05 Å². The van der Waals surface area contributed by atoms with Crippen molar-refractivity contribution in [3.8, 4) is 16.9 Å². The van der Waals surface area contributed by atoms with Crippen LogP contribution in [-0.4, -0.2) is 14.9 Å². The molecule has 1 aromatic heterocycles. The van der Waals surface area contributed by atoms with Gasteiger partial charge in [-0.25, -0.2) is 0 Å². The van der Waals surface area contributed by atoms with Crippen LogP contribution in [0.25, 0.3) is 21.9 Å². The number of fused-ring (bicyclic) bond motifs is 1. The van der Waals surface area contributed by atoms with E-state index < -0.39 is 0 Å². The molecule has 0 aliphatic carbocycles. The Morgan fingerprint density at radius 3 is 2.53 bits per heavy atom. The van der Waals surface area contributed by atoms with Crippen LogP contribution in [0.4, 0.5) is 0 Å². The molecule has 0 fully saturated rings. The molecule has 3 aromatic rings. The lowest BCUT2D eigenvalue weighted by Crippen LogP contribution is -1.84. The second kappa shape index (κ2) is 3.63. The first-order valence-corrected chi connectivity index (χ1v) is 5.44. The van der Waals surface area contributed by atoms with Gasteiger partial charge in [0.25, 0.3) is 0 Å². The topological polar surface area (TPSA) is 38.0 Å². The van der Waals surface area contributed by atoms with Gasteiger partial charge in [-0.2, -0.15) is 5.10 Å². The largest absolute Gasteiger partial charge is 0.508 e. The Hall–Kier alpha value is -2.29. The van der Waals surface area contributed by atoms with Crippen molar-refractivity contribution in [2.45, 2.75) is 0 Å². The number of rotatable bonds is 1. The van der Waals surface area contributed by atoms with E-state index in [1.807, 2.05) is 37.6 Å². The molecule has 0 aliphatic heterocycles. The van der Waals surface area contributed by atoms with Crippen molar-refractivity contribution >= 4 is 10.8 Å². The van der Waals surface area contributed by atoms with Crippen molar-refractivity contribution in [1.29, 1.82) is 0 Å². The molecule has 0 saturated heterocycles. The summed E-state index contributed by atoms with van der Waals surface area (Å²) in [7, 11) is 1.91. The van der Waals surface area contributed by atoms with Crippen LogP contribution in [0, 0.1) is 0 Å². The summed E-state index contributed by atoms with van der Waals surface area (Å²) in [4.78, 5) is 0. The first-order valence-electron chi connectivity index (χ1n) is 5.44. The first-order chi connectivity index (χ1) is 8.22. The van der Waals surface area contributed by atoms with Crippen LogP contribution in [0.15, 0.2) is 48.8 Å². The van der Waals surface area contributed by atoms with Gasteiger partial charge in [0.1, 0.15) is 5.75 Å². The molecule has 0 unspecified atom stereocenters. The van der Waals surface area contributed by atoms with E-state index in [9.17, 15) is 5.11 Å². The Morgan fingerprint density at radius 2 is 1.76 bits per heavy atom. The zero-order valence-corrected chi connectivity index (χ0v) is 9.46. The Kier molecular flexibility index (Phi) is 2.11. The van der Waals surface area contributed by atoms with Crippen LogP contribution in [0.5, 0.6) is 5.75 Å². The number of aromatic nitrogens is 2. The van der Waals surface area contributed by atoms with Gasteiger partial charge in [-0.05, 0) is 34.5 Å². The van der Waals surface area contributed by atoms with Gasteiger partial charge in [0, 0.05) is 18.8 Å². The highest BCUT2D eigenvalue weighted by Crippen LogP contribution is 2.26. The van der Waals surface area contributed by atoms with Crippen LogP contribution >= 0.6 is 0 Å². The minimum atomic E-state index is 0.298. The van der Waals surface area contributed by atoms with E-state index in [2.05, 4.69) is 11.2 Å². The highest BCUT2D eigenvalue weighted by molar-refractivity contribution is 5.88. The summed E-state index contributed by atoms with van der Waals surface area (Å²) in [5.74, 6) is 0.298. The fourth-order valence-electron chi connectivity index (χ4n) is 1.98. The molecule has 0 amide bonds. The minimum absolute atomic E-state index is 0.298. The van der Waals surface area contributed by atoms with Crippen LogP contribution in [0.1, 0.15) is 0 Å². The summed E-state index contributed by atoms with van der Waals surface area (Å²) in [5.41, 5.74) is 2.23. The molecule has 0 bridgehead atoms. The molecule has 2 aromatic carbocycles. The molecule has 3 nitrogen and oxygen atoms in total. The van der Waals surface area contributed by atoms with Crippen LogP contribution < -0.4 is 0 Å². The predicted octanol–water partition coefficient (Wildman–Crippen LogP) is 2.95. The van der Waals surface area contributed by atoms with Gasteiger partial charge in [0.15, 0.2) is 0 Å². The highest BCUT2D eigenvalue weighted by atomic mass is 16.3. The SMILES string of the molecule is Cn1cc(-c2ccc3cc(O)ccc3c2)cn1. The number of aromatic hydroxyl groups is 1. The third kappa shape index (κ3) is 1.76. The number of hydrogen-bond acceptors (Lipinski definition) is 2. The molecule has 17 heavy (non-hydrogen) atoms. The first kappa shape index (κ1) is 9.90. The van der Waals surface area contributed by atoms with Gasteiger partial charge >= 0.3 is 0 Å². The standard InChI is InChI=1S/C14H12N2O/c1-16-9-13(8-15-16)11-2-3-12-7-14(17)5-4-10(12)6-11/h2-9,17H,1H3. The third-order valence-corrected chi connectivity index (χ3v) is 2.86. The smallest absolute Gasteiger partial charge is 0.116 e. The average molecular weight is 224 g/mol. The third-order valence-electron chi connectivity index (χ3n) is 2.86. The van der Waals surface area contributed by atoms with E-state index in [0.29, 0.717) is 5.75 Å². The van der Waals surface area contributed by atoms with E-state index in [4.69, 9.17) is 0 Å². The second-order valence-corrected chi connectivity index (χ2v) is 4.15. The summed E-state index contributed by atoms with van der Waals surface area (Å²) in [5, 5.41) is 15.7. The van der Waals surface area contributed by atoms with E-state index in [0.717, 1.165) is 21.9 Å². The van der Waals surface area contributed by atoms with Crippen molar-refractivity contribution in [2.75, 3.05) is 0 Å². The number of phenolic OH excluding ortho intramolecular Hbond substituents is 1. The quantitative estimate of drug-likeness (QED) is 0.690. The molecule has 0 atom stereocenters. The van der Waals surface area contributed by atoms with Crippen molar-refractivity contribution < 1.29 is 5.11 Å². The predicted molar refractivity (Wildman–Crippen MR) is 67.8 cm³/mol. The molecule has 1 heterocycles. The molecule has 0 saturated carbocycles. The number of benzene rings is 2. The number of aryl methyl sites for hydroxylation is 1.